The number of aromatic nitrogens is 1. The van der Waals surface area contributed by atoms with Crippen LogP contribution in [0.3, 0.4) is 0 Å². The average Bonchev–Trinajstić information content (AvgIpc) is 3.38. The first-order valence-electron chi connectivity index (χ1n) is 14.0. The summed E-state index contributed by atoms with van der Waals surface area (Å²) >= 11 is 0. The first-order valence-corrected chi connectivity index (χ1v) is 14.0. The second-order valence-electron chi connectivity index (χ2n) is 10.4. The van der Waals surface area contributed by atoms with Gasteiger partial charge < -0.3 is 29.8 Å². The lowest BCUT2D eigenvalue weighted by molar-refractivity contribution is -0.123. The fourth-order valence-electron chi connectivity index (χ4n) is 5.09. The zero-order valence-electron chi connectivity index (χ0n) is 23.6. The molecule has 1 heterocycles. The third kappa shape index (κ3) is 8.60. The summed E-state index contributed by atoms with van der Waals surface area (Å²) in [5.41, 5.74) is 4.70. The lowest BCUT2D eigenvalue weighted by Crippen LogP contribution is -2.38. The number of carbonyl (C=O) groups is 1. The number of aromatic amines is 1. The summed E-state index contributed by atoms with van der Waals surface area (Å²) in [5.74, 6) is 1.61. The molecule has 0 bridgehead atoms. The van der Waals surface area contributed by atoms with E-state index in [1.165, 1.54) is 16.5 Å². The van der Waals surface area contributed by atoms with Gasteiger partial charge in [-0.1, -0.05) is 48.5 Å². The fraction of sp³-hybridized carbons (Fsp3) is 0.364. The Morgan fingerprint density at radius 3 is 2.58 bits per heavy atom. The maximum Gasteiger partial charge on any atom is 0.257 e. The molecule has 1 aromatic heterocycles. The molecule has 3 N–H and O–H groups in total. The maximum atomic E-state index is 12.7. The van der Waals surface area contributed by atoms with Gasteiger partial charge in [0, 0.05) is 48.9 Å². The van der Waals surface area contributed by atoms with Crippen LogP contribution in [0, 0.1) is 5.92 Å². The molecule has 0 aliphatic rings. The number of unbranched alkanes of at least 4 members (excludes halogenated alkanes) is 1. The van der Waals surface area contributed by atoms with Crippen molar-refractivity contribution in [1.82, 2.24) is 15.2 Å². The van der Waals surface area contributed by atoms with E-state index in [1.54, 1.807) is 7.11 Å². The molecule has 212 valence electrons. The molecule has 1 atom stereocenters. The Morgan fingerprint density at radius 1 is 1.00 bits per heavy atom. The summed E-state index contributed by atoms with van der Waals surface area (Å²) in [7, 11) is 3.80. The monoisotopic (exact) mass is 543 g/mol. The van der Waals surface area contributed by atoms with Gasteiger partial charge in [-0.05, 0) is 74.0 Å². The average molecular weight is 544 g/mol. The topological polar surface area (TPSA) is 86.8 Å². The van der Waals surface area contributed by atoms with Crippen LogP contribution >= 0.6 is 0 Å². The van der Waals surface area contributed by atoms with E-state index in [0.29, 0.717) is 12.3 Å². The van der Waals surface area contributed by atoms with E-state index in [-0.39, 0.29) is 25.0 Å². The first kappa shape index (κ1) is 29.2. The van der Waals surface area contributed by atoms with Crippen LogP contribution in [0.2, 0.25) is 0 Å². The van der Waals surface area contributed by atoms with Gasteiger partial charge in [0.05, 0.1) is 7.11 Å². The van der Waals surface area contributed by atoms with Gasteiger partial charge in [-0.3, -0.25) is 4.79 Å². The second kappa shape index (κ2) is 15.1. The van der Waals surface area contributed by atoms with Gasteiger partial charge in [0.25, 0.3) is 5.91 Å². The molecule has 0 saturated heterocycles. The molecule has 0 aliphatic carbocycles. The molecule has 4 rings (SSSR count). The quantitative estimate of drug-likeness (QED) is 0.174. The van der Waals surface area contributed by atoms with Gasteiger partial charge in [0.2, 0.25) is 0 Å². The van der Waals surface area contributed by atoms with E-state index in [1.807, 2.05) is 48.5 Å². The summed E-state index contributed by atoms with van der Waals surface area (Å²) in [6.07, 6.45) is 5.59. The van der Waals surface area contributed by atoms with Crippen LogP contribution < -0.4 is 14.8 Å². The van der Waals surface area contributed by atoms with Crippen molar-refractivity contribution in [3.8, 4) is 11.5 Å². The molecular formula is C33H41N3O4. The number of benzene rings is 3. The number of para-hydroxylation sites is 2. The molecule has 40 heavy (non-hydrogen) atoms. The molecule has 0 spiro atoms. The lowest BCUT2D eigenvalue weighted by Gasteiger charge is -2.25. The number of rotatable bonds is 16. The number of hydrogen-bond donors (Lipinski definition) is 3. The molecule has 0 radical (unpaired) electrons. The van der Waals surface area contributed by atoms with E-state index in [9.17, 15) is 4.79 Å². The third-order valence-electron chi connectivity index (χ3n) is 7.14. The van der Waals surface area contributed by atoms with Crippen LogP contribution in [0.4, 0.5) is 0 Å². The summed E-state index contributed by atoms with van der Waals surface area (Å²) in [6, 6.07) is 24.2. The number of H-pyrrole nitrogens is 1. The van der Waals surface area contributed by atoms with Crippen molar-refractivity contribution in [3.63, 3.8) is 0 Å². The van der Waals surface area contributed by atoms with E-state index in [0.717, 1.165) is 55.6 Å². The van der Waals surface area contributed by atoms with Crippen LogP contribution in [0.15, 0.2) is 79.0 Å². The molecule has 0 fully saturated rings. The molecule has 3 aromatic carbocycles. The fourth-order valence-corrected chi connectivity index (χ4v) is 5.09. The smallest absolute Gasteiger partial charge is 0.257 e. The highest BCUT2D eigenvalue weighted by atomic mass is 16.5. The minimum Gasteiger partial charge on any atom is -0.496 e. The van der Waals surface area contributed by atoms with Gasteiger partial charge in [-0.25, -0.2) is 0 Å². The van der Waals surface area contributed by atoms with Crippen LogP contribution in [-0.4, -0.2) is 61.4 Å². The number of fused-ring (bicyclic) bond motifs is 1. The van der Waals surface area contributed by atoms with E-state index in [2.05, 4.69) is 52.7 Å². The Balaban J connectivity index is 1.34. The minimum atomic E-state index is -0.136. The first-order chi connectivity index (χ1) is 19.6. The summed E-state index contributed by atoms with van der Waals surface area (Å²) in [5, 5.41) is 13.3. The Kier molecular flexibility index (Phi) is 11.0. The highest BCUT2D eigenvalue weighted by molar-refractivity contribution is 5.83. The van der Waals surface area contributed by atoms with Crippen LogP contribution in [0.25, 0.3) is 10.9 Å². The van der Waals surface area contributed by atoms with Crippen molar-refractivity contribution in [1.29, 1.82) is 0 Å². The number of aliphatic hydroxyl groups is 1. The Bertz CT molecular complexity index is 1340. The highest BCUT2D eigenvalue weighted by Gasteiger charge is 2.18. The van der Waals surface area contributed by atoms with Crippen molar-refractivity contribution >= 4 is 16.8 Å². The van der Waals surface area contributed by atoms with Gasteiger partial charge >= 0.3 is 0 Å². The highest BCUT2D eigenvalue weighted by Crippen LogP contribution is 2.23. The molecule has 1 unspecified atom stereocenters. The number of hydrogen-bond acceptors (Lipinski definition) is 5. The number of aliphatic hydroxyl groups excluding tert-OH is 1. The predicted octanol–water partition coefficient (Wildman–Crippen LogP) is 4.98. The molecular weight excluding hydrogens is 502 g/mol. The number of ether oxygens (including phenoxy) is 2. The van der Waals surface area contributed by atoms with E-state index < -0.39 is 0 Å². The molecule has 0 saturated carbocycles. The SMILES string of the molecule is COc1ccccc1CN(C)CC(CNC(=O)COc1ccc(CCCCO)cc1)Cc1c[nH]c2ccccc12. The standard InChI is InChI=1S/C33H41N3O4/c1-36(23-27-10-3-6-13-32(27)39-2)22-26(19-28-21-34-31-12-5-4-11-30(28)31)20-35-33(38)24-40-29-16-14-25(15-17-29)9-7-8-18-37/h3-6,10-17,21,26,34,37H,7-9,18-20,22-24H2,1-2H3,(H,35,38). The van der Waals surface area contributed by atoms with E-state index >= 15 is 0 Å². The third-order valence-corrected chi connectivity index (χ3v) is 7.14. The number of aryl methyl sites for hydroxylation is 1. The van der Waals surface area contributed by atoms with Crippen molar-refractivity contribution in [3.05, 3.63) is 95.7 Å². The Hall–Kier alpha value is -3.81. The van der Waals surface area contributed by atoms with Gasteiger partial charge in [-0.15, -0.1) is 0 Å². The summed E-state index contributed by atoms with van der Waals surface area (Å²) < 4.78 is 11.3. The molecule has 7 nitrogen and oxygen atoms in total. The van der Waals surface area contributed by atoms with Gasteiger partial charge in [0.1, 0.15) is 11.5 Å². The summed E-state index contributed by atoms with van der Waals surface area (Å²) in [6.45, 7) is 2.29. The molecule has 1 amide bonds. The largest absolute Gasteiger partial charge is 0.496 e. The van der Waals surface area contributed by atoms with Crippen molar-refractivity contribution in [2.45, 2.75) is 32.2 Å². The molecule has 4 aromatic rings. The van der Waals surface area contributed by atoms with Crippen LogP contribution in [0.5, 0.6) is 11.5 Å². The van der Waals surface area contributed by atoms with Crippen molar-refractivity contribution < 1.29 is 19.4 Å². The predicted molar refractivity (Wildman–Crippen MR) is 160 cm³/mol. The van der Waals surface area contributed by atoms with Crippen molar-refractivity contribution in [2.75, 3.05) is 40.5 Å². The Labute approximate surface area is 237 Å². The number of nitrogens with one attached hydrogen (secondary N) is 2. The maximum absolute atomic E-state index is 12.7. The number of amides is 1. The molecule has 7 heteroatoms. The normalized spacial score (nSPS) is 12.0. The van der Waals surface area contributed by atoms with Crippen LogP contribution in [-0.2, 0) is 24.2 Å². The van der Waals surface area contributed by atoms with E-state index in [4.69, 9.17) is 14.6 Å². The minimum absolute atomic E-state index is 0.0271. The van der Waals surface area contributed by atoms with Crippen molar-refractivity contribution in [2.24, 2.45) is 5.92 Å². The molecule has 0 aliphatic heterocycles. The number of nitrogens with zero attached hydrogens (tertiary/aromatic N) is 1. The zero-order valence-corrected chi connectivity index (χ0v) is 23.6. The number of carbonyl (C=O) groups excluding carboxylic acids is 1. The van der Waals surface area contributed by atoms with Crippen LogP contribution in [0.1, 0.15) is 29.5 Å². The van der Waals surface area contributed by atoms with Gasteiger partial charge in [0.15, 0.2) is 6.61 Å². The zero-order chi connectivity index (χ0) is 28.2. The lowest BCUT2D eigenvalue weighted by atomic mass is 9.98. The van der Waals surface area contributed by atoms with Gasteiger partial charge in [-0.2, -0.15) is 0 Å². The second-order valence-corrected chi connectivity index (χ2v) is 10.4. The Morgan fingerprint density at radius 2 is 1.77 bits per heavy atom. The summed E-state index contributed by atoms with van der Waals surface area (Å²) in [4.78, 5) is 18.4. The number of methoxy groups -OCH3 is 1.